The molecular formula is C82H91Bi3Br4F16O16. The second-order valence-electron chi connectivity index (χ2n) is 26.5. The number of carboxylic acid groups (broad SMARTS) is 2. The monoisotopic (exact) mass is 2580 g/mol. The van der Waals surface area contributed by atoms with Gasteiger partial charge in [0.25, 0.3) is 0 Å². The van der Waals surface area contributed by atoms with Crippen molar-refractivity contribution in [2.24, 2.45) is 10.8 Å². The summed E-state index contributed by atoms with van der Waals surface area (Å²) in [5.41, 5.74) is -5.93. The summed E-state index contributed by atoms with van der Waals surface area (Å²) < 4.78 is 258. The van der Waals surface area contributed by atoms with Crippen molar-refractivity contribution in [3.05, 3.63) is 206 Å². The minimum atomic E-state index is -2.17. The number of carbonyl (C=O) groups is 4. The molecule has 0 aromatic heterocycles. The van der Waals surface area contributed by atoms with Gasteiger partial charge in [0.2, 0.25) is 23.3 Å². The fourth-order valence-electron chi connectivity index (χ4n) is 10.5. The molecule has 0 aliphatic carbocycles. The first-order chi connectivity index (χ1) is 57.8. The van der Waals surface area contributed by atoms with E-state index < -0.39 is 184 Å². The summed E-state index contributed by atoms with van der Waals surface area (Å²) in [5, 5.41) is 37.9. The predicted molar refractivity (Wildman–Crippen MR) is 440 cm³/mol. The van der Waals surface area contributed by atoms with E-state index >= 15 is 0 Å². The Balaban J connectivity index is 0.000000378. The number of aliphatic hydroxyl groups excluding tert-OH is 1. The summed E-state index contributed by atoms with van der Waals surface area (Å²) in [4.78, 5) is 43.2. The molecule has 2 radical (unpaired) electrons. The number of hydrogen-bond donors (Lipinski definition) is 4. The predicted octanol–water partition coefficient (Wildman–Crippen LogP) is 19.0. The van der Waals surface area contributed by atoms with Crippen LogP contribution in [-0.2, 0) is 19.8 Å². The molecule has 2 aliphatic heterocycles. The second kappa shape index (κ2) is 59.8. The molecule has 0 bridgehead atoms. The quantitative estimate of drug-likeness (QED) is 0.00924. The van der Waals surface area contributed by atoms with Crippen molar-refractivity contribution in [3.63, 3.8) is 0 Å². The van der Waals surface area contributed by atoms with Crippen LogP contribution in [0.1, 0.15) is 171 Å². The molecule has 0 amide bonds. The molecule has 2 aliphatic rings. The third-order valence-corrected chi connectivity index (χ3v) is 31.0. The molecule has 0 spiro atoms. The van der Waals surface area contributed by atoms with Crippen LogP contribution in [0.3, 0.4) is 0 Å². The fourth-order valence-corrected chi connectivity index (χ4v) is 21.9. The van der Waals surface area contributed by atoms with Gasteiger partial charge >= 0.3 is 390 Å². The van der Waals surface area contributed by atoms with Gasteiger partial charge < -0.3 is 39.4 Å². The van der Waals surface area contributed by atoms with Crippen LogP contribution >= 0.6 is 63.7 Å². The first-order valence-corrected chi connectivity index (χ1v) is 50.4. The molecule has 7 aromatic rings. The van der Waals surface area contributed by atoms with E-state index in [2.05, 4.69) is 174 Å². The van der Waals surface area contributed by atoms with Crippen LogP contribution in [0, 0.1) is 104 Å². The Bertz CT molecular complexity index is 4100. The van der Waals surface area contributed by atoms with E-state index in [1.165, 1.54) is 35.5 Å². The Morgan fingerprint density at radius 1 is 0.372 bits per heavy atom. The molecule has 670 valence electrons. The number of carbonyl (C=O) groups excluding carboxylic acids is 2. The standard InChI is InChI=1S/C19H24F4O5.2C13H13BrF4O3.C7H2F4O3.C6H12Br2.C6H12O2.3C6H5.3Bi.2H/c1-2-19(10-27-11-19)9-26-7-5-3-4-6-8-28-17-15(22)13(20)12(18(24)25)14(21)16(17)23;2*14-5-3-1-2-4-6-21-12-10(17)8(15)7(13(19)20)9(16)11(12)18;8-2-1(7(13)14)3(9)5(11)6(12)4(2)10;7-5-3-1-2-4-6-8;1-2-6(3-7)4-8-5-6;3*1-2-4-6-5-3-1;;;;;/h2-11H2,1H3,(H,24,25);2*1-6H2,(H,19,20);12H,(H,13,14);1-6H2;7H,2-5H2,1H3;3*1-5H;;;;;/q;;;;;;;;;;2*+1;;/p-2. The van der Waals surface area contributed by atoms with Crippen LogP contribution < -0.4 is 24.0 Å². The number of unbranched alkanes of at least 4 members (excludes halogenated alkanes) is 12. The van der Waals surface area contributed by atoms with E-state index in [-0.39, 0.29) is 87.6 Å². The van der Waals surface area contributed by atoms with Crippen molar-refractivity contribution in [2.75, 3.05) is 87.4 Å². The molecule has 16 nitrogen and oxygen atoms in total. The molecule has 39 heteroatoms. The van der Waals surface area contributed by atoms with Crippen molar-refractivity contribution in [3.8, 4) is 23.0 Å². The summed E-state index contributed by atoms with van der Waals surface area (Å²) >= 11 is 10.9. The normalized spacial score (nSPS) is 12.5. The van der Waals surface area contributed by atoms with Gasteiger partial charge in [0.1, 0.15) is 11.1 Å². The molecule has 4 N–H and O–H groups in total. The van der Waals surface area contributed by atoms with Gasteiger partial charge in [-0.15, -0.1) is 0 Å². The molecule has 0 saturated carbocycles. The van der Waals surface area contributed by atoms with Crippen molar-refractivity contribution >= 4 is 169 Å². The third-order valence-electron chi connectivity index (χ3n) is 17.8. The molecule has 121 heavy (non-hydrogen) atoms. The maximum absolute atomic E-state index is 13.9. The topological polar surface area (TPSA) is 223 Å². The number of aliphatic hydroxyl groups is 1. The minimum absolute atomic E-state index is 0.0838. The fraction of sp³-hybridized carbons (Fsp3) is 0.439. The van der Waals surface area contributed by atoms with E-state index in [9.17, 15) is 89.4 Å². The average molecular weight is 2580 g/mol. The zero-order chi connectivity index (χ0) is 90.4. The number of halogens is 20. The summed E-state index contributed by atoms with van der Waals surface area (Å²) in [6.45, 7) is 8.40. The van der Waals surface area contributed by atoms with Crippen LogP contribution in [0.25, 0.3) is 0 Å². The van der Waals surface area contributed by atoms with Gasteiger partial charge in [0.05, 0.1) is 46.2 Å². The van der Waals surface area contributed by atoms with Gasteiger partial charge in [-0.05, 0) is 38.5 Å². The van der Waals surface area contributed by atoms with Crippen molar-refractivity contribution in [1.82, 2.24) is 0 Å². The molecule has 2 fully saturated rings. The summed E-state index contributed by atoms with van der Waals surface area (Å²) in [6.07, 6.45) is 16.3. The van der Waals surface area contributed by atoms with Crippen molar-refractivity contribution in [1.29, 1.82) is 0 Å². The van der Waals surface area contributed by atoms with E-state index in [4.69, 9.17) is 48.8 Å². The number of aromatic hydroxyl groups is 1. The average Bonchev–Trinajstić information content (AvgIpc) is 0.770. The molecule has 2 saturated heterocycles. The molecular weight excluding hydrogens is 2490 g/mol. The number of ether oxygens (including phenoxy) is 6. The third kappa shape index (κ3) is 34.6. The summed E-state index contributed by atoms with van der Waals surface area (Å²) in [6, 6.07) is 33.0. The van der Waals surface area contributed by atoms with E-state index in [0.717, 1.165) is 112 Å². The van der Waals surface area contributed by atoms with Crippen LogP contribution in [0.5, 0.6) is 23.0 Å². The van der Waals surface area contributed by atoms with Crippen LogP contribution in [-0.4, -0.2) is 204 Å². The van der Waals surface area contributed by atoms with E-state index in [1.54, 1.807) is 0 Å². The zero-order valence-corrected chi connectivity index (χ0v) is 83.1. The molecule has 9 rings (SSSR count). The van der Waals surface area contributed by atoms with Crippen molar-refractivity contribution in [2.45, 2.75) is 129 Å². The number of carboxylic acids is 2. The maximum atomic E-state index is 13.9. The zero-order valence-electron chi connectivity index (χ0n) is 65.5. The Labute approximate surface area is 763 Å². The Kier molecular flexibility index (Phi) is 54.4. The van der Waals surface area contributed by atoms with Gasteiger partial charge in [0, 0.05) is 38.8 Å². The first-order valence-electron chi connectivity index (χ1n) is 37.6. The van der Waals surface area contributed by atoms with Gasteiger partial charge in [-0.25, -0.2) is 27.2 Å². The molecule has 0 atom stereocenters. The number of alkyl halides is 4. The number of rotatable bonds is 39. The Morgan fingerprint density at radius 3 is 0.835 bits per heavy atom. The number of aromatic carboxylic acids is 2. The molecule has 0 unspecified atom stereocenters. The van der Waals surface area contributed by atoms with Gasteiger partial charge in [-0.1, -0.05) is 103 Å². The van der Waals surface area contributed by atoms with Crippen LogP contribution in [0.15, 0.2) is 91.0 Å². The SMILES string of the molecule is BrCCCCCCBr.CCC1(CO)COC1.CCC1(COCCCCCCOc2c(F)c(F)c(C(=O)[O][BiH])c(F)c2F)COC1.O=C(O)c1c(F)c(F)c(O)c(F)c1F.O=C(O)c1c(F)c(F)c(OCCCCCCBr)c(F)c1F.O=C([O][BiH])c1c(F)c(F)c(OCCCCCCBr)c(F)c1F.c1cc[c]([Bi]([c]2ccccc2)[c]2ccccc2)cc1. The van der Waals surface area contributed by atoms with Crippen LogP contribution in [0.2, 0.25) is 0 Å². The van der Waals surface area contributed by atoms with E-state index in [1.807, 2.05) is 0 Å². The molecule has 7 aromatic carbocycles. The number of phenols is 1. The van der Waals surface area contributed by atoms with E-state index in [0.29, 0.717) is 38.9 Å². The van der Waals surface area contributed by atoms with Gasteiger partial charge in [0.15, 0.2) is 34.8 Å². The van der Waals surface area contributed by atoms with Crippen LogP contribution in [0.4, 0.5) is 70.2 Å². The summed E-state index contributed by atoms with van der Waals surface area (Å²) in [5.74, 6) is -43.0. The van der Waals surface area contributed by atoms with Gasteiger partial charge in [-0.2, -0.15) is 17.6 Å². The number of benzene rings is 7. The Hall–Kier alpha value is -5.09. The number of phenolic OH excluding ortho intramolecular Hbond substituents is 1. The van der Waals surface area contributed by atoms with Crippen molar-refractivity contribution < 1.29 is 144 Å². The number of hydrogen-bond acceptors (Lipinski definition) is 14. The van der Waals surface area contributed by atoms with Gasteiger partial charge in [-0.3, -0.25) is 0 Å². The Morgan fingerprint density at radius 2 is 0.620 bits per heavy atom. The second-order valence-corrected chi connectivity index (χ2v) is 39.8. The summed E-state index contributed by atoms with van der Waals surface area (Å²) in [7, 11) is 0. The first kappa shape index (κ1) is 110. The molecule has 2 heterocycles.